The van der Waals surface area contributed by atoms with Crippen molar-refractivity contribution in [3.8, 4) is 11.9 Å². The van der Waals surface area contributed by atoms with Gasteiger partial charge >= 0.3 is 0 Å². The highest BCUT2D eigenvalue weighted by Crippen LogP contribution is 2.21. The Kier molecular flexibility index (Phi) is 4.53. The van der Waals surface area contributed by atoms with Crippen LogP contribution in [0.15, 0.2) is 41.1 Å². The highest BCUT2D eigenvalue weighted by atomic mass is 79.9. The van der Waals surface area contributed by atoms with Crippen LogP contribution in [0.25, 0.3) is 0 Å². The predicted octanol–water partition coefficient (Wildman–Crippen LogP) is 2.40. The first-order valence-corrected chi connectivity index (χ1v) is 7.89. The molecule has 0 N–H and O–H groups in total. The van der Waals surface area contributed by atoms with E-state index in [1.807, 2.05) is 18.2 Å². The molecule has 2 heterocycles. The summed E-state index contributed by atoms with van der Waals surface area (Å²) in [6.07, 6.45) is 3.44. The first-order chi connectivity index (χ1) is 11.2. The van der Waals surface area contributed by atoms with Gasteiger partial charge in [-0.05, 0) is 18.2 Å². The van der Waals surface area contributed by atoms with E-state index in [1.165, 1.54) is 12.4 Å². The van der Waals surface area contributed by atoms with E-state index in [4.69, 9.17) is 10.00 Å². The van der Waals surface area contributed by atoms with Gasteiger partial charge in [0, 0.05) is 35.4 Å². The van der Waals surface area contributed by atoms with Crippen LogP contribution >= 0.6 is 15.9 Å². The summed E-state index contributed by atoms with van der Waals surface area (Å²) in [6, 6.07) is 9.25. The van der Waals surface area contributed by atoms with Crippen LogP contribution in [0.3, 0.4) is 0 Å². The van der Waals surface area contributed by atoms with Crippen LogP contribution in [0.2, 0.25) is 0 Å². The van der Waals surface area contributed by atoms with Crippen molar-refractivity contribution in [1.29, 1.82) is 5.26 Å². The van der Waals surface area contributed by atoms with Gasteiger partial charge in [-0.1, -0.05) is 22.0 Å². The Morgan fingerprint density at radius 1 is 1.39 bits per heavy atom. The number of aromatic nitrogens is 2. The number of hydrogen-bond acceptors (Lipinski definition) is 5. The average molecular weight is 373 g/mol. The molecule has 0 aliphatic carbocycles. The smallest absolute Gasteiger partial charge is 0.254 e. The van der Waals surface area contributed by atoms with E-state index in [0.717, 1.165) is 4.47 Å². The Morgan fingerprint density at radius 3 is 3.00 bits per heavy atom. The molecule has 7 heteroatoms. The van der Waals surface area contributed by atoms with Crippen molar-refractivity contribution in [1.82, 2.24) is 14.9 Å². The Hall–Kier alpha value is -2.46. The molecule has 1 atom stereocenters. The van der Waals surface area contributed by atoms with Crippen molar-refractivity contribution in [3.63, 3.8) is 0 Å². The minimum atomic E-state index is -0.185. The van der Waals surface area contributed by atoms with E-state index < -0.39 is 0 Å². The molecule has 1 aromatic heterocycles. The van der Waals surface area contributed by atoms with Crippen LogP contribution in [0, 0.1) is 11.3 Å². The highest BCUT2D eigenvalue weighted by molar-refractivity contribution is 9.10. The number of rotatable bonds is 3. The Balaban J connectivity index is 1.67. The molecule has 0 spiro atoms. The normalized spacial score (nSPS) is 16.9. The molecule has 0 bridgehead atoms. The van der Waals surface area contributed by atoms with Gasteiger partial charge in [0.25, 0.3) is 11.8 Å². The molecule has 3 rings (SSSR count). The van der Waals surface area contributed by atoms with E-state index in [1.54, 1.807) is 17.0 Å². The number of amides is 1. The molecule has 1 unspecified atom stereocenters. The average Bonchev–Trinajstić information content (AvgIpc) is 3.03. The highest BCUT2D eigenvalue weighted by Gasteiger charge is 2.29. The summed E-state index contributed by atoms with van der Waals surface area (Å²) >= 11 is 3.37. The molecule has 0 radical (unpaired) electrons. The first-order valence-electron chi connectivity index (χ1n) is 7.10. The molecule has 1 saturated heterocycles. The fraction of sp³-hybridized carbons (Fsp3) is 0.250. The van der Waals surface area contributed by atoms with E-state index >= 15 is 0 Å². The minimum absolute atomic E-state index is 0.0305. The van der Waals surface area contributed by atoms with Gasteiger partial charge in [-0.25, -0.2) is 9.97 Å². The zero-order valence-corrected chi connectivity index (χ0v) is 13.7. The topological polar surface area (TPSA) is 79.1 Å². The molecular weight excluding hydrogens is 360 g/mol. The predicted molar refractivity (Wildman–Crippen MR) is 85.8 cm³/mol. The molecule has 1 aliphatic heterocycles. The first kappa shape index (κ1) is 15.4. The SMILES string of the molecule is N#Cc1nccnc1OC1CCN(C(=O)c2cccc(Br)c2)C1. The van der Waals surface area contributed by atoms with Crippen LogP contribution in [-0.4, -0.2) is 40.0 Å². The summed E-state index contributed by atoms with van der Waals surface area (Å²) in [5, 5.41) is 9.01. The maximum absolute atomic E-state index is 12.5. The number of ether oxygens (including phenoxy) is 1. The van der Waals surface area contributed by atoms with Gasteiger partial charge in [-0.3, -0.25) is 4.79 Å². The molecular formula is C16H13BrN4O2. The summed E-state index contributed by atoms with van der Waals surface area (Å²) in [6.45, 7) is 1.07. The lowest BCUT2D eigenvalue weighted by atomic mass is 10.2. The van der Waals surface area contributed by atoms with Gasteiger partial charge in [-0.15, -0.1) is 0 Å². The van der Waals surface area contributed by atoms with Crippen LogP contribution in [0.4, 0.5) is 0 Å². The summed E-state index contributed by atoms with van der Waals surface area (Å²) < 4.78 is 6.61. The lowest BCUT2D eigenvalue weighted by Gasteiger charge is -2.17. The molecule has 6 nitrogen and oxygen atoms in total. The minimum Gasteiger partial charge on any atom is -0.470 e. The zero-order chi connectivity index (χ0) is 16.2. The van der Waals surface area contributed by atoms with E-state index in [9.17, 15) is 4.79 Å². The van der Waals surface area contributed by atoms with Crippen LogP contribution in [-0.2, 0) is 0 Å². The van der Waals surface area contributed by atoms with Gasteiger partial charge in [0.2, 0.25) is 5.69 Å². The number of hydrogen-bond donors (Lipinski definition) is 0. The van der Waals surface area contributed by atoms with Gasteiger partial charge in [0.15, 0.2) is 0 Å². The van der Waals surface area contributed by atoms with Crippen molar-refractivity contribution in [2.75, 3.05) is 13.1 Å². The second kappa shape index (κ2) is 6.75. The number of benzene rings is 1. The van der Waals surface area contributed by atoms with Gasteiger partial charge in [0.1, 0.15) is 12.2 Å². The summed E-state index contributed by atoms with van der Waals surface area (Å²) in [5.41, 5.74) is 0.793. The van der Waals surface area contributed by atoms with Crippen LogP contribution in [0.5, 0.6) is 5.88 Å². The van der Waals surface area contributed by atoms with Crippen molar-refractivity contribution >= 4 is 21.8 Å². The lowest BCUT2D eigenvalue weighted by Crippen LogP contribution is -2.31. The Labute approximate surface area is 141 Å². The molecule has 1 aromatic carbocycles. The number of halogens is 1. The molecule has 1 aliphatic rings. The molecule has 23 heavy (non-hydrogen) atoms. The number of nitriles is 1. The molecule has 2 aromatic rings. The van der Waals surface area contributed by atoms with Gasteiger partial charge < -0.3 is 9.64 Å². The Bertz CT molecular complexity index is 775. The molecule has 1 amide bonds. The maximum Gasteiger partial charge on any atom is 0.254 e. The van der Waals surface area contributed by atoms with Gasteiger partial charge in [0.05, 0.1) is 6.54 Å². The third kappa shape index (κ3) is 3.48. The van der Waals surface area contributed by atoms with E-state index in [0.29, 0.717) is 25.1 Å². The Morgan fingerprint density at radius 2 is 2.22 bits per heavy atom. The fourth-order valence-electron chi connectivity index (χ4n) is 2.46. The number of carbonyl (C=O) groups excluding carboxylic acids is 1. The van der Waals surface area contributed by atoms with Crippen molar-refractivity contribution in [2.45, 2.75) is 12.5 Å². The summed E-state index contributed by atoms with van der Waals surface area (Å²) in [4.78, 5) is 22.2. The van der Waals surface area contributed by atoms with Crippen LogP contribution < -0.4 is 4.74 Å². The third-order valence-electron chi connectivity index (χ3n) is 3.55. The molecule has 1 fully saturated rings. The largest absolute Gasteiger partial charge is 0.470 e. The maximum atomic E-state index is 12.5. The second-order valence-corrected chi connectivity index (χ2v) is 6.03. The summed E-state index contributed by atoms with van der Waals surface area (Å²) in [7, 11) is 0. The van der Waals surface area contributed by atoms with Crippen molar-refractivity contribution in [2.24, 2.45) is 0 Å². The quantitative estimate of drug-likeness (QED) is 0.826. The van der Waals surface area contributed by atoms with E-state index in [-0.39, 0.29) is 23.6 Å². The molecule has 116 valence electrons. The standard InChI is InChI=1S/C16H13BrN4O2/c17-12-3-1-2-11(8-12)16(22)21-7-4-13(10-21)23-15-14(9-18)19-5-6-20-15/h1-3,5-6,8,13H,4,7,10H2. The molecule has 0 saturated carbocycles. The zero-order valence-electron chi connectivity index (χ0n) is 12.1. The number of likely N-dealkylation sites (tertiary alicyclic amines) is 1. The number of nitrogens with zero attached hydrogens (tertiary/aromatic N) is 4. The fourth-order valence-corrected chi connectivity index (χ4v) is 2.86. The lowest BCUT2D eigenvalue weighted by molar-refractivity contribution is 0.0771. The summed E-state index contributed by atoms with van der Waals surface area (Å²) in [5.74, 6) is 0.189. The number of carbonyl (C=O) groups is 1. The third-order valence-corrected chi connectivity index (χ3v) is 4.05. The van der Waals surface area contributed by atoms with Crippen LogP contribution in [0.1, 0.15) is 22.5 Å². The van der Waals surface area contributed by atoms with Crippen molar-refractivity contribution < 1.29 is 9.53 Å². The second-order valence-electron chi connectivity index (χ2n) is 5.11. The van der Waals surface area contributed by atoms with Crippen molar-refractivity contribution in [3.05, 3.63) is 52.4 Å². The van der Waals surface area contributed by atoms with Gasteiger partial charge in [-0.2, -0.15) is 5.26 Å². The monoisotopic (exact) mass is 372 g/mol. The van der Waals surface area contributed by atoms with E-state index in [2.05, 4.69) is 25.9 Å².